The zero-order valence-electron chi connectivity index (χ0n) is 11.1. The number of carbonyl (C=O) groups is 1. The Morgan fingerprint density at radius 1 is 1.50 bits per heavy atom. The number of benzene rings is 1. The van der Waals surface area contributed by atoms with Crippen molar-refractivity contribution in [2.45, 2.75) is 26.9 Å². The van der Waals surface area contributed by atoms with Crippen LogP contribution >= 0.6 is 0 Å². The van der Waals surface area contributed by atoms with Crippen LogP contribution in [0.25, 0.3) is 0 Å². The van der Waals surface area contributed by atoms with Gasteiger partial charge in [-0.15, -0.1) is 0 Å². The number of nitrogens with one attached hydrogen (secondary N) is 1. The smallest absolute Gasteiger partial charge is 0.248 e. The molecule has 18 heavy (non-hydrogen) atoms. The van der Waals surface area contributed by atoms with Crippen molar-refractivity contribution in [3.05, 3.63) is 35.9 Å². The maximum Gasteiger partial charge on any atom is 0.248 e. The summed E-state index contributed by atoms with van der Waals surface area (Å²) in [4.78, 5) is 11.5. The molecule has 0 aliphatic rings. The second-order valence-electron chi connectivity index (χ2n) is 4.27. The molecular formula is C14H20N2O2. The van der Waals surface area contributed by atoms with Gasteiger partial charge in [-0.2, -0.15) is 0 Å². The first kappa shape index (κ1) is 14.3. The fraction of sp³-hybridized carbons (Fsp3) is 0.357. The molecule has 1 aromatic rings. The van der Waals surface area contributed by atoms with Gasteiger partial charge in [0.2, 0.25) is 5.91 Å². The molecule has 0 aliphatic carbocycles. The second-order valence-corrected chi connectivity index (χ2v) is 4.27. The molecule has 0 saturated heterocycles. The molecule has 0 heterocycles. The Morgan fingerprint density at radius 2 is 2.22 bits per heavy atom. The number of hydrogen-bond acceptors (Lipinski definition) is 3. The predicted octanol–water partition coefficient (Wildman–Crippen LogP) is 2.24. The molecular weight excluding hydrogens is 228 g/mol. The van der Waals surface area contributed by atoms with Crippen molar-refractivity contribution in [2.75, 3.05) is 11.9 Å². The van der Waals surface area contributed by atoms with Crippen LogP contribution in [0.5, 0.6) is 5.75 Å². The number of carbonyl (C=O) groups excluding carboxylic acids is 1. The van der Waals surface area contributed by atoms with Crippen molar-refractivity contribution < 1.29 is 9.53 Å². The van der Waals surface area contributed by atoms with E-state index in [4.69, 9.17) is 10.5 Å². The van der Waals surface area contributed by atoms with Crippen molar-refractivity contribution in [1.29, 1.82) is 0 Å². The molecule has 1 rings (SSSR count). The molecule has 0 spiro atoms. The fourth-order valence-electron chi connectivity index (χ4n) is 1.47. The van der Waals surface area contributed by atoms with Gasteiger partial charge in [-0.3, -0.25) is 4.79 Å². The van der Waals surface area contributed by atoms with E-state index in [0.29, 0.717) is 6.54 Å². The summed E-state index contributed by atoms with van der Waals surface area (Å²) in [6.45, 7) is 6.23. The first-order valence-electron chi connectivity index (χ1n) is 5.98. The summed E-state index contributed by atoms with van der Waals surface area (Å²) < 4.78 is 5.58. The Hall–Kier alpha value is -1.81. The molecule has 98 valence electrons. The van der Waals surface area contributed by atoms with E-state index in [1.165, 1.54) is 6.08 Å². The summed E-state index contributed by atoms with van der Waals surface area (Å²) in [6.07, 6.45) is 3.18. The largest absolute Gasteiger partial charge is 0.491 e. The number of amides is 1. The van der Waals surface area contributed by atoms with Gasteiger partial charge in [-0.1, -0.05) is 6.08 Å². The van der Waals surface area contributed by atoms with Crippen LogP contribution in [0, 0.1) is 6.92 Å². The van der Waals surface area contributed by atoms with Gasteiger partial charge in [0.15, 0.2) is 0 Å². The van der Waals surface area contributed by atoms with E-state index < -0.39 is 0 Å². The van der Waals surface area contributed by atoms with Crippen LogP contribution < -0.4 is 15.8 Å². The van der Waals surface area contributed by atoms with E-state index in [-0.39, 0.29) is 12.0 Å². The van der Waals surface area contributed by atoms with E-state index in [1.807, 2.05) is 39.0 Å². The maximum absolute atomic E-state index is 11.5. The highest BCUT2D eigenvalue weighted by Gasteiger charge is 2.04. The van der Waals surface area contributed by atoms with Crippen molar-refractivity contribution in [3.63, 3.8) is 0 Å². The Balaban J connectivity index is 2.73. The van der Waals surface area contributed by atoms with Crippen LogP contribution in [0.2, 0.25) is 0 Å². The van der Waals surface area contributed by atoms with Crippen LogP contribution in [0.15, 0.2) is 30.4 Å². The number of nitrogens with two attached hydrogens (primary N) is 1. The van der Waals surface area contributed by atoms with Crippen molar-refractivity contribution >= 4 is 11.6 Å². The van der Waals surface area contributed by atoms with Gasteiger partial charge in [-0.25, -0.2) is 0 Å². The van der Waals surface area contributed by atoms with E-state index in [0.717, 1.165) is 17.0 Å². The van der Waals surface area contributed by atoms with E-state index in [9.17, 15) is 4.79 Å². The molecule has 4 nitrogen and oxygen atoms in total. The molecule has 4 heteroatoms. The lowest BCUT2D eigenvalue weighted by Crippen LogP contribution is -2.10. The molecule has 1 amide bonds. The highest BCUT2D eigenvalue weighted by molar-refractivity contribution is 5.99. The maximum atomic E-state index is 11.5. The summed E-state index contributed by atoms with van der Waals surface area (Å²) >= 11 is 0. The molecule has 0 fully saturated rings. The number of aryl methyl sites for hydroxylation is 1. The zero-order valence-corrected chi connectivity index (χ0v) is 11.1. The molecule has 0 aromatic heterocycles. The van der Waals surface area contributed by atoms with Gasteiger partial charge in [0.25, 0.3) is 0 Å². The molecule has 0 unspecified atom stereocenters. The Kier molecular flexibility index (Phi) is 5.39. The molecule has 3 N–H and O–H groups in total. The third-order valence-electron chi connectivity index (χ3n) is 2.23. The van der Waals surface area contributed by atoms with Gasteiger partial charge in [0.1, 0.15) is 5.75 Å². The zero-order chi connectivity index (χ0) is 13.5. The molecule has 0 radical (unpaired) electrons. The Morgan fingerprint density at radius 3 is 2.78 bits per heavy atom. The van der Waals surface area contributed by atoms with Crippen LogP contribution in [0.1, 0.15) is 19.4 Å². The average molecular weight is 248 g/mol. The van der Waals surface area contributed by atoms with Crippen molar-refractivity contribution in [1.82, 2.24) is 0 Å². The van der Waals surface area contributed by atoms with Gasteiger partial charge < -0.3 is 15.8 Å². The minimum absolute atomic E-state index is 0.136. The normalized spacial score (nSPS) is 10.9. The second kappa shape index (κ2) is 6.81. The van der Waals surface area contributed by atoms with Crippen molar-refractivity contribution in [2.24, 2.45) is 5.73 Å². The molecule has 0 atom stereocenters. The van der Waals surface area contributed by atoms with E-state index >= 15 is 0 Å². The van der Waals surface area contributed by atoms with Crippen molar-refractivity contribution in [3.8, 4) is 5.75 Å². The van der Waals surface area contributed by atoms with Gasteiger partial charge in [0, 0.05) is 18.3 Å². The van der Waals surface area contributed by atoms with Gasteiger partial charge >= 0.3 is 0 Å². The van der Waals surface area contributed by atoms with Crippen LogP contribution in [0.3, 0.4) is 0 Å². The van der Waals surface area contributed by atoms with Crippen LogP contribution in [0.4, 0.5) is 5.69 Å². The minimum Gasteiger partial charge on any atom is -0.491 e. The third-order valence-corrected chi connectivity index (χ3v) is 2.23. The van der Waals surface area contributed by atoms with E-state index in [2.05, 4.69) is 5.32 Å². The summed E-state index contributed by atoms with van der Waals surface area (Å²) in [5.74, 6) is 0.624. The minimum atomic E-state index is -0.180. The summed E-state index contributed by atoms with van der Waals surface area (Å²) in [6, 6.07) is 5.58. The number of ether oxygens (including phenoxy) is 1. The fourth-order valence-corrected chi connectivity index (χ4v) is 1.47. The highest BCUT2D eigenvalue weighted by atomic mass is 16.5. The lowest BCUT2D eigenvalue weighted by atomic mass is 10.2. The van der Waals surface area contributed by atoms with Gasteiger partial charge in [-0.05, 0) is 44.5 Å². The Bertz CT molecular complexity index is 439. The van der Waals surface area contributed by atoms with Crippen LogP contribution in [-0.4, -0.2) is 18.6 Å². The molecule has 0 aliphatic heterocycles. The number of hydrogen-bond donors (Lipinski definition) is 2. The molecule has 0 saturated carbocycles. The number of anilines is 1. The first-order valence-corrected chi connectivity index (χ1v) is 5.98. The topological polar surface area (TPSA) is 64.3 Å². The number of rotatable bonds is 5. The SMILES string of the molecule is Cc1cc(OC(C)C)ccc1NC(=O)/C=C/CN. The van der Waals surface area contributed by atoms with E-state index in [1.54, 1.807) is 6.08 Å². The average Bonchev–Trinajstić information content (AvgIpc) is 2.29. The lowest BCUT2D eigenvalue weighted by molar-refractivity contribution is -0.111. The summed E-state index contributed by atoms with van der Waals surface area (Å²) in [5.41, 5.74) is 7.02. The predicted molar refractivity (Wildman–Crippen MR) is 73.8 cm³/mol. The molecule has 1 aromatic carbocycles. The summed E-state index contributed by atoms with van der Waals surface area (Å²) in [7, 11) is 0. The standard InChI is InChI=1S/C14H20N2O2/c1-10(2)18-12-6-7-13(11(3)9-12)16-14(17)5-4-8-15/h4-7,9-10H,8,15H2,1-3H3,(H,16,17)/b5-4+. The quantitative estimate of drug-likeness (QED) is 0.785. The third kappa shape index (κ3) is 4.59. The lowest BCUT2D eigenvalue weighted by Gasteiger charge is -2.12. The first-order chi connectivity index (χ1) is 8.52. The van der Waals surface area contributed by atoms with Gasteiger partial charge in [0.05, 0.1) is 6.10 Å². The molecule has 0 bridgehead atoms. The highest BCUT2D eigenvalue weighted by Crippen LogP contribution is 2.22. The summed E-state index contributed by atoms with van der Waals surface area (Å²) in [5, 5.41) is 2.79. The monoisotopic (exact) mass is 248 g/mol. The van der Waals surface area contributed by atoms with Crippen LogP contribution in [-0.2, 0) is 4.79 Å². The Labute approximate surface area is 108 Å².